The molecule has 1 atom stereocenters. The first kappa shape index (κ1) is 16.8. The number of nitrogens with zero attached hydrogens (tertiary/aromatic N) is 2. The van der Waals surface area contributed by atoms with E-state index in [2.05, 4.69) is 60.1 Å². The maximum absolute atomic E-state index is 12.6. The van der Waals surface area contributed by atoms with E-state index in [0.29, 0.717) is 18.5 Å². The van der Waals surface area contributed by atoms with Crippen LogP contribution >= 0.6 is 0 Å². The lowest BCUT2D eigenvalue weighted by Gasteiger charge is -2.25. The third-order valence-corrected chi connectivity index (χ3v) is 4.89. The van der Waals surface area contributed by atoms with Gasteiger partial charge in [-0.05, 0) is 49.1 Å². The van der Waals surface area contributed by atoms with E-state index in [9.17, 15) is 4.79 Å². The van der Waals surface area contributed by atoms with Crippen LogP contribution < -0.4 is 5.32 Å². The summed E-state index contributed by atoms with van der Waals surface area (Å²) in [5.74, 6) is 0.466. The molecule has 0 unspecified atom stereocenters. The van der Waals surface area contributed by atoms with Gasteiger partial charge in [-0.2, -0.15) is 0 Å². The lowest BCUT2D eigenvalue weighted by Crippen LogP contribution is -2.33. The minimum atomic E-state index is 0.0733. The van der Waals surface area contributed by atoms with Crippen LogP contribution in [0.1, 0.15) is 49.9 Å². The molecule has 128 valence electrons. The zero-order valence-corrected chi connectivity index (χ0v) is 14.8. The number of benzene rings is 1. The molecule has 2 heterocycles. The molecule has 0 aliphatic carbocycles. The molecule has 4 nitrogen and oxygen atoms in total. The van der Waals surface area contributed by atoms with E-state index in [4.69, 9.17) is 0 Å². The van der Waals surface area contributed by atoms with Crippen molar-refractivity contribution >= 4 is 11.6 Å². The summed E-state index contributed by atoms with van der Waals surface area (Å²) in [6.45, 7) is 5.73. The fraction of sp³-hybridized carbons (Fsp3) is 0.450. The molecule has 3 rings (SSSR count). The first-order chi connectivity index (χ1) is 11.6. The Kier molecular flexibility index (Phi) is 5.05. The average molecular weight is 325 g/mol. The van der Waals surface area contributed by atoms with Gasteiger partial charge in [-0.3, -0.25) is 9.69 Å². The minimum absolute atomic E-state index is 0.0733. The Morgan fingerprint density at radius 1 is 1.25 bits per heavy atom. The third kappa shape index (κ3) is 3.54. The van der Waals surface area contributed by atoms with Crippen LogP contribution in [-0.4, -0.2) is 28.5 Å². The molecule has 4 heteroatoms. The SMILES string of the molecule is CC(C)c1ccccc1NC(=O)CN1CCC[C@@H]1c1cccn1C. The molecular weight excluding hydrogens is 298 g/mol. The smallest absolute Gasteiger partial charge is 0.238 e. The summed E-state index contributed by atoms with van der Waals surface area (Å²) in [7, 11) is 2.07. The van der Waals surface area contributed by atoms with Crippen LogP contribution in [0.4, 0.5) is 5.69 Å². The van der Waals surface area contributed by atoms with E-state index < -0.39 is 0 Å². The van der Waals surface area contributed by atoms with E-state index in [1.165, 1.54) is 11.3 Å². The molecule has 0 bridgehead atoms. The van der Waals surface area contributed by atoms with Gasteiger partial charge in [0.1, 0.15) is 0 Å². The van der Waals surface area contributed by atoms with Crippen LogP contribution in [0.15, 0.2) is 42.6 Å². The van der Waals surface area contributed by atoms with E-state index in [1.807, 2.05) is 18.2 Å². The Labute approximate surface area is 144 Å². The molecule has 1 aliphatic heterocycles. The van der Waals surface area contributed by atoms with Crippen molar-refractivity contribution in [2.24, 2.45) is 7.05 Å². The van der Waals surface area contributed by atoms with Gasteiger partial charge >= 0.3 is 0 Å². The predicted molar refractivity (Wildman–Crippen MR) is 98.1 cm³/mol. The number of carbonyl (C=O) groups excluding carboxylic acids is 1. The molecule has 1 N–H and O–H groups in total. The Morgan fingerprint density at radius 3 is 2.75 bits per heavy atom. The Bertz CT molecular complexity index is 704. The number of amides is 1. The molecule has 1 aromatic heterocycles. The van der Waals surface area contributed by atoms with Gasteiger partial charge in [-0.15, -0.1) is 0 Å². The quantitative estimate of drug-likeness (QED) is 0.904. The number of likely N-dealkylation sites (tertiary alicyclic amines) is 1. The van der Waals surface area contributed by atoms with Gasteiger partial charge < -0.3 is 9.88 Å². The Balaban J connectivity index is 1.68. The highest BCUT2D eigenvalue weighted by Crippen LogP contribution is 2.31. The fourth-order valence-electron chi connectivity index (χ4n) is 3.66. The number of aryl methyl sites for hydroxylation is 1. The summed E-state index contributed by atoms with van der Waals surface area (Å²) in [6.07, 6.45) is 4.34. The number of nitrogens with one attached hydrogen (secondary N) is 1. The number of hydrogen-bond donors (Lipinski definition) is 1. The van der Waals surface area contributed by atoms with Gasteiger partial charge in [0.15, 0.2) is 0 Å². The molecule has 0 radical (unpaired) electrons. The molecule has 2 aromatic rings. The van der Waals surface area contributed by atoms with E-state index in [0.717, 1.165) is 25.1 Å². The summed E-state index contributed by atoms with van der Waals surface area (Å²) >= 11 is 0. The van der Waals surface area contributed by atoms with E-state index >= 15 is 0 Å². The van der Waals surface area contributed by atoms with Crippen molar-refractivity contribution < 1.29 is 4.79 Å². The Hall–Kier alpha value is -2.07. The van der Waals surface area contributed by atoms with Crippen molar-refractivity contribution in [1.29, 1.82) is 0 Å². The van der Waals surface area contributed by atoms with Gasteiger partial charge in [0.25, 0.3) is 0 Å². The number of rotatable bonds is 5. The summed E-state index contributed by atoms with van der Waals surface area (Å²) in [4.78, 5) is 14.9. The van der Waals surface area contributed by atoms with Gasteiger partial charge in [0.2, 0.25) is 5.91 Å². The minimum Gasteiger partial charge on any atom is -0.353 e. The van der Waals surface area contributed by atoms with Gasteiger partial charge in [0, 0.05) is 24.6 Å². The topological polar surface area (TPSA) is 37.3 Å². The molecule has 1 amide bonds. The Morgan fingerprint density at radius 2 is 2.04 bits per heavy atom. The first-order valence-electron chi connectivity index (χ1n) is 8.80. The van der Waals surface area contributed by atoms with Crippen LogP contribution in [0.3, 0.4) is 0 Å². The fourth-order valence-corrected chi connectivity index (χ4v) is 3.66. The molecule has 24 heavy (non-hydrogen) atoms. The molecular formula is C20H27N3O. The monoisotopic (exact) mass is 325 g/mol. The van der Waals surface area contributed by atoms with Crippen LogP contribution in [0, 0.1) is 0 Å². The van der Waals surface area contributed by atoms with Crippen molar-refractivity contribution in [2.45, 2.75) is 38.6 Å². The van der Waals surface area contributed by atoms with E-state index in [1.54, 1.807) is 0 Å². The van der Waals surface area contributed by atoms with Gasteiger partial charge in [-0.1, -0.05) is 32.0 Å². The lowest BCUT2D eigenvalue weighted by molar-refractivity contribution is -0.117. The highest BCUT2D eigenvalue weighted by Gasteiger charge is 2.29. The van der Waals surface area contributed by atoms with Crippen molar-refractivity contribution in [2.75, 3.05) is 18.4 Å². The molecule has 1 saturated heterocycles. The van der Waals surface area contributed by atoms with Crippen molar-refractivity contribution in [3.05, 3.63) is 53.9 Å². The zero-order chi connectivity index (χ0) is 17.1. The second-order valence-corrected chi connectivity index (χ2v) is 6.96. The van der Waals surface area contributed by atoms with E-state index in [-0.39, 0.29) is 5.91 Å². The molecule has 0 spiro atoms. The second-order valence-electron chi connectivity index (χ2n) is 6.96. The number of anilines is 1. The summed E-state index contributed by atoms with van der Waals surface area (Å²) < 4.78 is 2.16. The normalized spacial score (nSPS) is 18.2. The first-order valence-corrected chi connectivity index (χ1v) is 8.80. The summed E-state index contributed by atoms with van der Waals surface area (Å²) in [5, 5.41) is 3.11. The van der Waals surface area contributed by atoms with Crippen molar-refractivity contribution in [3.8, 4) is 0 Å². The van der Waals surface area contributed by atoms with Crippen LogP contribution in [-0.2, 0) is 11.8 Å². The zero-order valence-electron chi connectivity index (χ0n) is 14.8. The standard InChI is InChI=1S/C20H27N3O/c1-15(2)16-8-4-5-9-17(16)21-20(24)14-23-13-7-11-19(23)18-10-6-12-22(18)3/h4-6,8-10,12,15,19H,7,11,13-14H2,1-3H3,(H,21,24)/t19-/m1/s1. The lowest BCUT2D eigenvalue weighted by atomic mass is 10.0. The molecule has 0 saturated carbocycles. The number of aromatic nitrogens is 1. The van der Waals surface area contributed by atoms with Gasteiger partial charge in [-0.25, -0.2) is 0 Å². The summed E-state index contributed by atoms with van der Waals surface area (Å²) in [6, 6.07) is 12.7. The van der Waals surface area contributed by atoms with Crippen LogP contribution in [0.5, 0.6) is 0 Å². The predicted octanol–water partition coefficient (Wildman–Crippen LogP) is 3.92. The second kappa shape index (κ2) is 7.22. The highest BCUT2D eigenvalue weighted by molar-refractivity contribution is 5.93. The van der Waals surface area contributed by atoms with Crippen LogP contribution in [0.2, 0.25) is 0 Å². The van der Waals surface area contributed by atoms with Crippen molar-refractivity contribution in [3.63, 3.8) is 0 Å². The largest absolute Gasteiger partial charge is 0.353 e. The van der Waals surface area contributed by atoms with Gasteiger partial charge in [0.05, 0.1) is 12.6 Å². The number of hydrogen-bond acceptors (Lipinski definition) is 2. The molecule has 1 aliphatic rings. The van der Waals surface area contributed by atoms with Crippen LogP contribution in [0.25, 0.3) is 0 Å². The molecule has 1 aromatic carbocycles. The summed E-state index contributed by atoms with van der Waals surface area (Å²) in [5.41, 5.74) is 3.42. The molecule has 1 fully saturated rings. The maximum Gasteiger partial charge on any atom is 0.238 e. The maximum atomic E-state index is 12.6. The average Bonchev–Trinajstić information content (AvgIpc) is 3.16. The number of carbonyl (C=O) groups is 1. The highest BCUT2D eigenvalue weighted by atomic mass is 16.2. The third-order valence-electron chi connectivity index (χ3n) is 4.89. The number of para-hydroxylation sites is 1. The van der Waals surface area contributed by atoms with Crippen molar-refractivity contribution in [1.82, 2.24) is 9.47 Å².